The second kappa shape index (κ2) is 6.73. The van der Waals surface area contributed by atoms with Crippen molar-refractivity contribution in [3.05, 3.63) is 42.6 Å². The number of benzene rings is 1. The first-order valence-electron chi connectivity index (χ1n) is 8.17. The van der Waals surface area contributed by atoms with Crippen molar-refractivity contribution in [2.75, 3.05) is 25.1 Å². The first-order chi connectivity index (χ1) is 12.3. The van der Waals surface area contributed by atoms with E-state index in [0.717, 1.165) is 0 Å². The molecule has 1 fully saturated rings. The summed E-state index contributed by atoms with van der Waals surface area (Å²) >= 11 is 0. The first kappa shape index (κ1) is 15.9. The Morgan fingerprint density at radius 2 is 2.20 bits per heavy atom. The molecule has 1 saturated heterocycles. The quantitative estimate of drug-likeness (QED) is 0.765. The van der Waals surface area contributed by atoms with Crippen LogP contribution in [-0.4, -0.2) is 51.7 Å². The lowest BCUT2D eigenvalue weighted by Crippen LogP contribution is -2.34. The number of ether oxygens (including phenoxy) is 2. The van der Waals surface area contributed by atoms with Gasteiger partial charge in [0.25, 0.3) is 0 Å². The van der Waals surface area contributed by atoms with Gasteiger partial charge in [-0.15, -0.1) is 0 Å². The molecule has 2 aromatic heterocycles. The summed E-state index contributed by atoms with van der Waals surface area (Å²) in [5, 5.41) is 8.35. The first-order valence-corrected chi connectivity index (χ1v) is 8.17. The van der Waals surface area contributed by atoms with Crippen LogP contribution in [0.3, 0.4) is 0 Å². The smallest absolute Gasteiger partial charge is 0.168 e. The van der Waals surface area contributed by atoms with E-state index in [1.165, 1.54) is 17.1 Å². The van der Waals surface area contributed by atoms with Crippen molar-refractivity contribution in [2.45, 2.75) is 19.1 Å². The maximum atomic E-state index is 14.1. The predicted octanol–water partition coefficient (Wildman–Crippen LogP) is 2.17. The van der Waals surface area contributed by atoms with Gasteiger partial charge in [0, 0.05) is 6.61 Å². The van der Waals surface area contributed by atoms with Gasteiger partial charge < -0.3 is 14.8 Å². The molecule has 1 aromatic carbocycles. The van der Waals surface area contributed by atoms with Gasteiger partial charge in [-0.25, -0.2) is 19.0 Å². The highest BCUT2D eigenvalue weighted by Gasteiger charge is 2.29. The number of hydrogen-bond donors (Lipinski definition) is 1. The number of aromatic nitrogens is 4. The van der Waals surface area contributed by atoms with Crippen LogP contribution in [0.25, 0.3) is 16.7 Å². The SMILES string of the molecule is CCO[C@@H]1COC[C@H]1Nc1ncnc2c1cnn2-c1ccccc1F. The molecular formula is C17H18FN5O2. The topological polar surface area (TPSA) is 74.1 Å². The van der Waals surface area contributed by atoms with Crippen molar-refractivity contribution < 1.29 is 13.9 Å². The zero-order valence-electron chi connectivity index (χ0n) is 13.7. The lowest BCUT2D eigenvalue weighted by Gasteiger charge is -2.19. The van der Waals surface area contributed by atoms with E-state index in [1.54, 1.807) is 24.4 Å². The third-order valence-electron chi connectivity index (χ3n) is 4.18. The van der Waals surface area contributed by atoms with Crippen LogP contribution in [0.5, 0.6) is 0 Å². The summed E-state index contributed by atoms with van der Waals surface area (Å²) in [7, 11) is 0. The molecule has 3 heterocycles. The van der Waals surface area contributed by atoms with Crippen LogP contribution in [0.1, 0.15) is 6.92 Å². The zero-order valence-corrected chi connectivity index (χ0v) is 13.7. The lowest BCUT2D eigenvalue weighted by molar-refractivity contribution is 0.0478. The van der Waals surface area contributed by atoms with E-state index in [2.05, 4.69) is 20.4 Å². The van der Waals surface area contributed by atoms with E-state index in [9.17, 15) is 4.39 Å². The number of fused-ring (bicyclic) bond motifs is 1. The van der Waals surface area contributed by atoms with Gasteiger partial charge >= 0.3 is 0 Å². The summed E-state index contributed by atoms with van der Waals surface area (Å²) in [5.41, 5.74) is 0.882. The van der Waals surface area contributed by atoms with E-state index < -0.39 is 0 Å². The van der Waals surface area contributed by atoms with Gasteiger partial charge in [0.05, 0.1) is 30.8 Å². The standard InChI is InChI=1S/C17H18FN5O2/c1-2-25-15-9-24-8-13(15)22-16-11-7-21-23(17(11)20-10-19-16)14-6-4-3-5-12(14)18/h3-7,10,13,15H,2,8-9H2,1H3,(H,19,20,22)/t13-,15-/m1/s1. The Morgan fingerprint density at radius 1 is 1.32 bits per heavy atom. The molecule has 0 saturated carbocycles. The monoisotopic (exact) mass is 343 g/mol. The van der Waals surface area contributed by atoms with E-state index in [4.69, 9.17) is 9.47 Å². The molecule has 0 radical (unpaired) electrons. The van der Waals surface area contributed by atoms with E-state index in [0.29, 0.717) is 42.4 Å². The number of halogens is 1. The molecule has 0 spiro atoms. The molecule has 7 nitrogen and oxygen atoms in total. The molecule has 1 aliphatic rings. The van der Waals surface area contributed by atoms with Crippen LogP contribution in [0.15, 0.2) is 36.8 Å². The normalized spacial score (nSPS) is 20.2. The van der Waals surface area contributed by atoms with Crippen molar-refractivity contribution in [1.29, 1.82) is 0 Å². The van der Waals surface area contributed by atoms with Gasteiger partial charge in [-0.05, 0) is 19.1 Å². The third kappa shape index (κ3) is 2.94. The maximum Gasteiger partial charge on any atom is 0.168 e. The Labute approximate surface area is 143 Å². The van der Waals surface area contributed by atoms with Crippen molar-refractivity contribution >= 4 is 16.9 Å². The fraction of sp³-hybridized carbons (Fsp3) is 0.353. The van der Waals surface area contributed by atoms with Crippen LogP contribution >= 0.6 is 0 Å². The van der Waals surface area contributed by atoms with Crippen molar-refractivity contribution in [2.24, 2.45) is 0 Å². The largest absolute Gasteiger partial charge is 0.376 e. The molecule has 0 bridgehead atoms. The van der Waals surface area contributed by atoms with E-state index >= 15 is 0 Å². The van der Waals surface area contributed by atoms with Crippen molar-refractivity contribution in [3.8, 4) is 5.69 Å². The number of para-hydroxylation sites is 1. The lowest BCUT2D eigenvalue weighted by atomic mass is 10.2. The molecule has 2 atom stereocenters. The number of rotatable bonds is 5. The summed E-state index contributed by atoms with van der Waals surface area (Å²) in [4.78, 5) is 8.58. The average molecular weight is 343 g/mol. The highest BCUT2D eigenvalue weighted by Crippen LogP contribution is 2.24. The molecule has 4 rings (SSSR count). The summed E-state index contributed by atoms with van der Waals surface area (Å²) in [6.45, 7) is 3.67. The highest BCUT2D eigenvalue weighted by molar-refractivity contribution is 5.87. The fourth-order valence-electron chi connectivity index (χ4n) is 2.98. The van der Waals surface area contributed by atoms with Crippen LogP contribution < -0.4 is 5.32 Å². The minimum absolute atomic E-state index is 0.00476. The molecule has 130 valence electrons. The fourth-order valence-corrected chi connectivity index (χ4v) is 2.98. The van der Waals surface area contributed by atoms with E-state index in [1.807, 2.05) is 6.92 Å². The molecule has 25 heavy (non-hydrogen) atoms. The summed E-state index contributed by atoms with van der Waals surface area (Å²) < 4.78 is 26.8. The van der Waals surface area contributed by atoms with Crippen molar-refractivity contribution in [3.63, 3.8) is 0 Å². The van der Waals surface area contributed by atoms with Crippen molar-refractivity contribution in [1.82, 2.24) is 19.7 Å². The number of anilines is 1. The summed E-state index contributed by atoms with van der Waals surface area (Å²) in [5.74, 6) is 0.272. The predicted molar refractivity (Wildman–Crippen MR) is 90.3 cm³/mol. The Bertz CT molecular complexity index is 884. The number of hydrogen-bond acceptors (Lipinski definition) is 6. The molecule has 0 amide bonds. The molecule has 0 unspecified atom stereocenters. The van der Waals surface area contributed by atoms with Gasteiger partial charge in [-0.2, -0.15) is 5.10 Å². The molecule has 8 heteroatoms. The second-order valence-corrected chi connectivity index (χ2v) is 5.75. The van der Waals surface area contributed by atoms with Crippen LogP contribution in [0.4, 0.5) is 10.2 Å². The minimum Gasteiger partial charge on any atom is -0.376 e. The van der Waals surface area contributed by atoms with Gasteiger partial charge in [0.2, 0.25) is 0 Å². The summed E-state index contributed by atoms with van der Waals surface area (Å²) in [6, 6.07) is 6.45. The van der Waals surface area contributed by atoms with E-state index in [-0.39, 0.29) is 18.0 Å². The second-order valence-electron chi connectivity index (χ2n) is 5.75. The molecule has 3 aromatic rings. The Hall–Kier alpha value is -2.58. The van der Waals surface area contributed by atoms with Crippen LogP contribution in [0, 0.1) is 5.82 Å². The molecule has 1 N–H and O–H groups in total. The van der Waals surface area contributed by atoms with Gasteiger partial charge in [0.15, 0.2) is 5.65 Å². The summed E-state index contributed by atoms with van der Waals surface area (Å²) in [6.07, 6.45) is 3.04. The zero-order chi connectivity index (χ0) is 17.2. The average Bonchev–Trinajstić information content (AvgIpc) is 3.24. The maximum absolute atomic E-state index is 14.1. The molecular weight excluding hydrogens is 325 g/mol. The van der Waals surface area contributed by atoms with Crippen LogP contribution in [0.2, 0.25) is 0 Å². The molecule has 1 aliphatic heterocycles. The highest BCUT2D eigenvalue weighted by atomic mass is 19.1. The van der Waals surface area contributed by atoms with Gasteiger partial charge in [0.1, 0.15) is 29.8 Å². The minimum atomic E-state index is -0.360. The van der Waals surface area contributed by atoms with Crippen LogP contribution in [-0.2, 0) is 9.47 Å². The Kier molecular flexibility index (Phi) is 4.29. The molecule has 0 aliphatic carbocycles. The third-order valence-corrected chi connectivity index (χ3v) is 4.18. The van der Waals surface area contributed by atoms with Gasteiger partial charge in [-0.1, -0.05) is 12.1 Å². The number of nitrogens with one attached hydrogen (secondary N) is 1. The Morgan fingerprint density at radius 3 is 3.04 bits per heavy atom. The van der Waals surface area contributed by atoms with Gasteiger partial charge in [-0.3, -0.25) is 0 Å². The Balaban J connectivity index is 1.69. The number of nitrogens with zero attached hydrogens (tertiary/aromatic N) is 4.